The lowest BCUT2D eigenvalue weighted by Gasteiger charge is -2.39. The van der Waals surface area contributed by atoms with Crippen molar-refractivity contribution in [2.24, 2.45) is 0 Å². The van der Waals surface area contributed by atoms with Crippen LogP contribution in [0.1, 0.15) is 129 Å². The van der Waals surface area contributed by atoms with Gasteiger partial charge in [0.25, 0.3) is 0 Å². The molecule has 0 bridgehead atoms. The van der Waals surface area contributed by atoms with E-state index in [0.29, 0.717) is 25.7 Å². The zero-order valence-electron chi connectivity index (χ0n) is 35.9. The van der Waals surface area contributed by atoms with Crippen molar-refractivity contribution in [1.82, 2.24) is 0 Å². The number of allylic oxidation sites excluding steroid dienone is 18. The highest BCUT2D eigenvalue weighted by Gasteiger charge is 2.44. The largest absolute Gasteiger partial charge is 0.462 e. The number of hydrogen-bond acceptors (Lipinski definition) is 10. The monoisotopic (exact) mass is 825 g/mol. The molecule has 0 aromatic heterocycles. The maximum absolute atomic E-state index is 12.7. The van der Waals surface area contributed by atoms with Crippen LogP contribution in [0.2, 0.25) is 0 Å². The van der Waals surface area contributed by atoms with E-state index in [1.165, 1.54) is 19.3 Å². The highest BCUT2D eigenvalue weighted by Crippen LogP contribution is 2.22. The molecule has 0 aliphatic carbocycles. The maximum Gasteiger partial charge on any atom is 0.306 e. The van der Waals surface area contributed by atoms with Crippen molar-refractivity contribution in [3.63, 3.8) is 0 Å². The van der Waals surface area contributed by atoms with Gasteiger partial charge >= 0.3 is 11.9 Å². The van der Waals surface area contributed by atoms with Crippen LogP contribution < -0.4 is 0 Å². The van der Waals surface area contributed by atoms with Gasteiger partial charge in [0.05, 0.1) is 13.2 Å². The van der Waals surface area contributed by atoms with Gasteiger partial charge in [-0.25, -0.2) is 0 Å². The van der Waals surface area contributed by atoms with Crippen LogP contribution >= 0.6 is 0 Å². The van der Waals surface area contributed by atoms with E-state index >= 15 is 0 Å². The standard InChI is InChI=1S/C49H76O10/c1-3-5-7-9-11-13-15-17-19-21-23-25-27-29-31-33-35-37-44(51)56-40-42(41-57-49-48(55)47(54)46(53)43(39-50)59-49)58-45(52)38-36-34-32-30-28-26-24-22-20-18-16-14-12-10-8-6-4-2/h5,7,11-14,17-20,23-26,29-32,42-43,46-50,53-55H,3-4,6,8-10,15-16,21-22,27-28,33-41H2,1-2H3/b7-5+,13-11+,14-12+,19-17+,20-18+,25-23+,26-24+,31-29+,32-30+/t42-,43-,46+,47?,48?,49-/m0/s1. The average Bonchev–Trinajstić information content (AvgIpc) is 3.23. The third-order valence-electron chi connectivity index (χ3n) is 9.14. The zero-order valence-corrected chi connectivity index (χ0v) is 35.9. The molecule has 0 radical (unpaired) electrons. The van der Waals surface area contributed by atoms with Crippen molar-refractivity contribution in [2.45, 2.75) is 166 Å². The molecule has 10 nitrogen and oxygen atoms in total. The number of unbranched alkanes of at least 4 members (excludes halogenated alkanes) is 5. The summed E-state index contributed by atoms with van der Waals surface area (Å²) in [7, 11) is 0. The number of carbonyl (C=O) groups is 2. The quantitative estimate of drug-likeness (QED) is 0.0281. The van der Waals surface area contributed by atoms with Crippen molar-refractivity contribution >= 4 is 11.9 Å². The third kappa shape index (κ3) is 30.1. The molecule has 1 saturated heterocycles. The fourth-order valence-corrected chi connectivity index (χ4v) is 5.68. The van der Waals surface area contributed by atoms with Crippen LogP contribution in [0.3, 0.4) is 0 Å². The fraction of sp³-hybridized carbons (Fsp3) is 0.592. The Balaban J connectivity index is 2.45. The minimum atomic E-state index is -1.62. The molecule has 10 heteroatoms. The van der Waals surface area contributed by atoms with E-state index in [-0.39, 0.29) is 26.1 Å². The number of aliphatic hydroxyl groups is 4. The van der Waals surface area contributed by atoms with Gasteiger partial charge in [0, 0.05) is 12.8 Å². The minimum absolute atomic E-state index is 0.135. The number of ether oxygens (including phenoxy) is 4. The maximum atomic E-state index is 12.7. The van der Waals surface area contributed by atoms with Gasteiger partial charge < -0.3 is 39.4 Å². The Labute approximate surface area is 355 Å². The van der Waals surface area contributed by atoms with E-state index in [9.17, 15) is 30.0 Å². The Morgan fingerprint density at radius 2 is 0.983 bits per heavy atom. The lowest BCUT2D eigenvalue weighted by atomic mass is 9.99. The van der Waals surface area contributed by atoms with Crippen LogP contribution in [0, 0.1) is 0 Å². The average molecular weight is 825 g/mol. The first-order valence-corrected chi connectivity index (χ1v) is 22.0. The summed E-state index contributed by atoms with van der Waals surface area (Å²) < 4.78 is 22.0. The molecule has 1 heterocycles. The Morgan fingerprint density at radius 1 is 0.542 bits per heavy atom. The van der Waals surface area contributed by atoms with Gasteiger partial charge in [0.15, 0.2) is 12.4 Å². The van der Waals surface area contributed by atoms with E-state index in [2.05, 4.69) is 111 Å². The van der Waals surface area contributed by atoms with Gasteiger partial charge in [-0.15, -0.1) is 0 Å². The molecule has 332 valence electrons. The van der Waals surface area contributed by atoms with Gasteiger partial charge in [0.2, 0.25) is 0 Å². The topological polar surface area (TPSA) is 152 Å². The van der Waals surface area contributed by atoms with Crippen molar-refractivity contribution in [3.05, 3.63) is 109 Å². The molecule has 0 aromatic rings. The molecule has 1 aliphatic rings. The Hall–Kier alpha value is -3.64. The van der Waals surface area contributed by atoms with E-state index in [1.54, 1.807) is 0 Å². The molecule has 0 aromatic carbocycles. The molecular formula is C49H76O10. The van der Waals surface area contributed by atoms with Crippen LogP contribution in [-0.4, -0.2) is 89.0 Å². The highest BCUT2D eigenvalue weighted by molar-refractivity contribution is 5.70. The van der Waals surface area contributed by atoms with Crippen LogP contribution in [0.25, 0.3) is 0 Å². The van der Waals surface area contributed by atoms with Crippen LogP contribution in [0.5, 0.6) is 0 Å². The Kier molecular flexibility index (Phi) is 34.9. The van der Waals surface area contributed by atoms with E-state index < -0.39 is 55.4 Å². The summed E-state index contributed by atoms with van der Waals surface area (Å²) in [6.45, 7) is 3.14. The second-order valence-corrected chi connectivity index (χ2v) is 14.4. The summed E-state index contributed by atoms with van der Waals surface area (Å²) in [5.74, 6) is -0.954. The summed E-state index contributed by atoms with van der Waals surface area (Å²) in [6.07, 6.45) is 45.3. The lowest BCUT2D eigenvalue weighted by molar-refractivity contribution is -0.305. The summed E-state index contributed by atoms with van der Waals surface area (Å²) >= 11 is 0. The smallest absolute Gasteiger partial charge is 0.306 e. The highest BCUT2D eigenvalue weighted by atomic mass is 16.7. The number of hydrogen-bond donors (Lipinski definition) is 4. The summed E-state index contributed by atoms with van der Waals surface area (Å²) in [4.78, 5) is 25.3. The molecule has 1 fully saturated rings. The van der Waals surface area contributed by atoms with Gasteiger partial charge in [-0.1, -0.05) is 136 Å². The number of carbonyl (C=O) groups excluding carboxylic acids is 2. The number of rotatable bonds is 34. The van der Waals surface area contributed by atoms with Crippen molar-refractivity contribution in [2.75, 3.05) is 19.8 Å². The lowest BCUT2D eigenvalue weighted by Crippen LogP contribution is -2.59. The van der Waals surface area contributed by atoms with Gasteiger partial charge in [-0.3, -0.25) is 9.59 Å². The molecule has 1 aliphatic heterocycles. The summed E-state index contributed by atoms with van der Waals surface area (Å²) in [6, 6.07) is 0. The molecular weight excluding hydrogens is 749 g/mol. The van der Waals surface area contributed by atoms with E-state index in [4.69, 9.17) is 18.9 Å². The number of esters is 2. The zero-order chi connectivity index (χ0) is 43.0. The molecule has 6 atom stereocenters. The van der Waals surface area contributed by atoms with Crippen molar-refractivity contribution in [1.29, 1.82) is 0 Å². The minimum Gasteiger partial charge on any atom is -0.462 e. The third-order valence-corrected chi connectivity index (χ3v) is 9.14. The molecule has 0 saturated carbocycles. The Bertz CT molecular complexity index is 1320. The first-order chi connectivity index (χ1) is 28.8. The molecule has 0 spiro atoms. The first kappa shape index (κ1) is 53.4. The van der Waals surface area contributed by atoms with Gasteiger partial charge in [0.1, 0.15) is 31.0 Å². The SMILES string of the molecule is CC/C=C/C/C=C/C/C=C/C/C=C/C/C=C/CCCC(=O)OC[C@@H](CO[C@H]1O[C@@H](CO)[C@@H](O)C(O)C1O)OC(=O)CCC/C=C/C/C=C/C/C=C/C/C=C/CCCCC. The normalized spacial score (nSPS) is 21.1. The second kappa shape index (κ2) is 38.6. The first-order valence-electron chi connectivity index (χ1n) is 22.0. The van der Waals surface area contributed by atoms with E-state index in [1.807, 2.05) is 12.2 Å². The number of aliphatic hydroxyl groups excluding tert-OH is 4. The summed E-state index contributed by atoms with van der Waals surface area (Å²) in [5, 5.41) is 40.0. The Morgan fingerprint density at radius 3 is 1.44 bits per heavy atom. The van der Waals surface area contributed by atoms with Crippen molar-refractivity contribution < 1.29 is 49.0 Å². The van der Waals surface area contributed by atoms with Crippen molar-refractivity contribution in [3.8, 4) is 0 Å². The summed E-state index contributed by atoms with van der Waals surface area (Å²) in [5.41, 5.74) is 0. The van der Waals surface area contributed by atoms with E-state index in [0.717, 1.165) is 57.8 Å². The second-order valence-electron chi connectivity index (χ2n) is 14.4. The molecule has 0 amide bonds. The molecule has 1 rings (SSSR count). The molecule has 2 unspecified atom stereocenters. The van der Waals surface area contributed by atoms with Gasteiger partial charge in [-0.05, 0) is 89.9 Å². The van der Waals surface area contributed by atoms with Crippen LogP contribution in [0.15, 0.2) is 109 Å². The van der Waals surface area contributed by atoms with Crippen LogP contribution in [-0.2, 0) is 28.5 Å². The molecule has 4 N–H and O–H groups in total. The van der Waals surface area contributed by atoms with Gasteiger partial charge in [-0.2, -0.15) is 0 Å². The predicted molar refractivity (Wildman–Crippen MR) is 237 cm³/mol. The molecule has 59 heavy (non-hydrogen) atoms. The predicted octanol–water partition coefficient (Wildman–Crippen LogP) is 9.33. The fourth-order valence-electron chi connectivity index (χ4n) is 5.68. The van der Waals surface area contributed by atoms with Crippen LogP contribution in [0.4, 0.5) is 0 Å².